The van der Waals surface area contributed by atoms with Crippen LogP contribution in [0.1, 0.15) is 5.56 Å². The van der Waals surface area contributed by atoms with E-state index in [4.69, 9.17) is 0 Å². The minimum atomic E-state index is -0.401. The number of hydrogen-bond acceptors (Lipinski definition) is 4. The summed E-state index contributed by atoms with van der Waals surface area (Å²) < 4.78 is 17.5. The normalized spacial score (nSPS) is 10.4. The highest BCUT2D eigenvalue weighted by atomic mass is 19.1. The van der Waals surface area contributed by atoms with Crippen molar-refractivity contribution in [2.75, 3.05) is 6.61 Å². The number of benzene rings is 1. The molecule has 0 amide bonds. The van der Waals surface area contributed by atoms with Gasteiger partial charge in [0, 0.05) is 29.6 Å². The summed E-state index contributed by atoms with van der Waals surface area (Å²) in [6.45, 7) is 0.520. The van der Waals surface area contributed by atoms with E-state index in [0.717, 1.165) is 0 Å². The van der Waals surface area contributed by atoms with Crippen LogP contribution in [-0.2, 0) is 16.0 Å². The number of halogens is 1. The average Bonchev–Trinajstić information content (AvgIpc) is 2.32. The van der Waals surface area contributed by atoms with Crippen molar-refractivity contribution in [1.29, 1.82) is 0 Å². The van der Waals surface area contributed by atoms with Gasteiger partial charge in [-0.1, -0.05) is 0 Å². The van der Waals surface area contributed by atoms with E-state index in [9.17, 15) is 14.3 Å². The Labute approximate surface area is 96.7 Å². The van der Waals surface area contributed by atoms with Crippen LogP contribution in [-0.4, -0.2) is 23.2 Å². The summed E-state index contributed by atoms with van der Waals surface area (Å²) in [4.78, 5) is 14.0. The summed E-state index contributed by atoms with van der Waals surface area (Å²) in [5, 5.41) is 10.4. The fraction of sp³-hybridized carbons (Fsp3) is 0.167. The lowest BCUT2D eigenvalue weighted by atomic mass is 10.1. The number of ether oxygens (including phenoxy) is 1. The van der Waals surface area contributed by atoms with Crippen molar-refractivity contribution in [2.45, 2.75) is 6.42 Å². The molecule has 2 aromatic rings. The molecule has 0 bridgehead atoms. The average molecular weight is 235 g/mol. The molecule has 0 fully saturated rings. The molecule has 0 unspecified atom stereocenters. The molecule has 88 valence electrons. The van der Waals surface area contributed by atoms with Gasteiger partial charge in [0.05, 0.1) is 12.1 Å². The zero-order valence-electron chi connectivity index (χ0n) is 8.89. The summed E-state index contributed by atoms with van der Waals surface area (Å²) in [5.74, 6) is -0.356. The molecule has 1 aromatic carbocycles. The molecule has 1 aromatic heterocycles. The maximum atomic E-state index is 12.9. The molecule has 2 rings (SSSR count). The zero-order valence-corrected chi connectivity index (χ0v) is 8.89. The first kappa shape index (κ1) is 11.3. The second kappa shape index (κ2) is 4.78. The number of carbonyl (C=O) groups is 1. The first-order valence-electron chi connectivity index (χ1n) is 5.03. The van der Waals surface area contributed by atoms with Gasteiger partial charge in [0.25, 0.3) is 6.47 Å². The van der Waals surface area contributed by atoms with Gasteiger partial charge < -0.3 is 9.84 Å². The molecule has 17 heavy (non-hydrogen) atoms. The van der Waals surface area contributed by atoms with Gasteiger partial charge >= 0.3 is 0 Å². The Morgan fingerprint density at radius 3 is 3.06 bits per heavy atom. The van der Waals surface area contributed by atoms with E-state index in [2.05, 4.69) is 9.72 Å². The molecule has 5 heteroatoms. The topological polar surface area (TPSA) is 59.4 Å². The van der Waals surface area contributed by atoms with E-state index in [0.29, 0.717) is 29.4 Å². The van der Waals surface area contributed by atoms with E-state index >= 15 is 0 Å². The standard InChI is InChI=1S/C12H10FNO3/c13-9-1-2-10-11(5-9)14-6-8(12(10)16)3-4-17-7-15/h1-2,5-7H,3-4H2,(H,14,16). The van der Waals surface area contributed by atoms with Crippen molar-refractivity contribution in [3.05, 3.63) is 35.8 Å². The Bertz CT molecular complexity index is 557. The summed E-state index contributed by atoms with van der Waals surface area (Å²) in [7, 11) is 0. The Morgan fingerprint density at radius 1 is 1.47 bits per heavy atom. The summed E-state index contributed by atoms with van der Waals surface area (Å²) in [6, 6.07) is 3.98. The van der Waals surface area contributed by atoms with Crippen LogP contribution in [0.5, 0.6) is 5.75 Å². The summed E-state index contributed by atoms with van der Waals surface area (Å²) >= 11 is 0. The first-order chi connectivity index (χ1) is 8.22. The highest BCUT2D eigenvalue weighted by molar-refractivity contribution is 5.85. The molecule has 0 aliphatic heterocycles. The SMILES string of the molecule is O=COCCc1cnc2cc(F)ccc2c1O. The molecular weight excluding hydrogens is 225 g/mol. The van der Waals surface area contributed by atoms with E-state index < -0.39 is 5.82 Å². The molecule has 1 N–H and O–H groups in total. The minimum absolute atomic E-state index is 0.0458. The quantitative estimate of drug-likeness (QED) is 0.648. The van der Waals surface area contributed by atoms with Crippen LogP contribution in [0.15, 0.2) is 24.4 Å². The van der Waals surface area contributed by atoms with Gasteiger partial charge in [0.1, 0.15) is 11.6 Å². The van der Waals surface area contributed by atoms with Gasteiger partial charge in [0.2, 0.25) is 0 Å². The molecule has 0 aliphatic rings. The highest BCUT2D eigenvalue weighted by Crippen LogP contribution is 2.27. The van der Waals surface area contributed by atoms with Crippen molar-refractivity contribution < 1.29 is 19.0 Å². The van der Waals surface area contributed by atoms with Crippen LogP contribution in [0.3, 0.4) is 0 Å². The van der Waals surface area contributed by atoms with Gasteiger partial charge in [-0.25, -0.2) is 4.39 Å². The van der Waals surface area contributed by atoms with Gasteiger partial charge in [-0.05, 0) is 12.1 Å². The van der Waals surface area contributed by atoms with Gasteiger partial charge in [-0.2, -0.15) is 0 Å². The summed E-state index contributed by atoms with van der Waals surface area (Å²) in [5.41, 5.74) is 0.952. The number of aromatic hydroxyl groups is 1. The fourth-order valence-corrected chi connectivity index (χ4v) is 1.59. The van der Waals surface area contributed by atoms with E-state index in [1.165, 1.54) is 24.4 Å². The number of fused-ring (bicyclic) bond motifs is 1. The molecule has 4 nitrogen and oxygen atoms in total. The summed E-state index contributed by atoms with van der Waals surface area (Å²) in [6.07, 6.45) is 1.82. The van der Waals surface area contributed by atoms with Crippen LogP contribution < -0.4 is 0 Å². The van der Waals surface area contributed by atoms with Crippen molar-refractivity contribution in [3.8, 4) is 5.75 Å². The number of carbonyl (C=O) groups excluding carboxylic acids is 1. The number of nitrogens with zero attached hydrogens (tertiary/aromatic N) is 1. The third kappa shape index (κ3) is 2.33. The Hall–Kier alpha value is -2.17. The molecule has 0 atom stereocenters. The smallest absolute Gasteiger partial charge is 0.293 e. The van der Waals surface area contributed by atoms with Crippen LogP contribution in [0, 0.1) is 5.82 Å². The monoisotopic (exact) mass is 235 g/mol. The largest absolute Gasteiger partial charge is 0.507 e. The first-order valence-corrected chi connectivity index (χ1v) is 5.03. The van der Waals surface area contributed by atoms with Crippen LogP contribution in [0.25, 0.3) is 10.9 Å². The van der Waals surface area contributed by atoms with Gasteiger partial charge in [0.15, 0.2) is 0 Å². The molecular formula is C12H10FNO3. The lowest BCUT2D eigenvalue weighted by Crippen LogP contribution is -1.98. The van der Waals surface area contributed by atoms with E-state index in [1.807, 2.05) is 0 Å². The molecule has 0 aliphatic carbocycles. The fourth-order valence-electron chi connectivity index (χ4n) is 1.59. The third-order valence-electron chi connectivity index (χ3n) is 2.44. The van der Waals surface area contributed by atoms with Crippen LogP contribution >= 0.6 is 0 Å². The third-order valence-corrected chi connectivity index (χ3v) is 2.44. The Balaban J connectivity index is 2.36. The van der Waals surface area contributed by atoms with E-state index in [-0.39, 0.29) is 12.4 Å². The van der Waals surface area contributed by atoms with Crippen molar-refractivity contribution >= 4 is 17.4 Å². The van der Waals surface area contributed by atoms with Gasteiger partial charge in [-0.15, -0.1) is 0 Å². The number of aromatic nitrogens is 1. The Kier molecular flexibility index (Phi) is 3.18. The molecule has 0 saturated carbocycles. The van der Waals surface area contributed by atoms with Crippen molar-refractivity contribution in [2.24, 2.45) is 0 Å². The number of hydrogen-bond donors (Lipinski definition) is 1. The number of pyridine rings is 1. The second-order valence-corrected chi connectivity index (χ2v) is 3.51. The van der Waals surface area contributed by atoms with E-state index in [1.54, 1.807) is 0 Å². The number of rotatable bonds is 4. The highest BCUT2D eigenvalue weighted by Gasteiger charge is 2.08. The van der Waals surface area contributed by atoms with Gasteiger partial charge in [-0.3, -0.25) is 9.78 Å². The second-order valence-electron chi connectivity index (χ2n) is 3.51. The van der Waals surface area contributed by atoms with Crippen LogP contribution in [0.2, 0.25) is 0 Å². The Morgan fingerprint density at radius 2 is 2.29 bits per heavy atom. The predicted molar refractivity (Wildman–Crippen MR) is 59.1 cm³/mol. The van der Waals surface area contributed by atoms with Crippen molar-refractivity contribution in [1.82, 2.24) is 4.98 Å². The maximum Gasteiger partial charge on any atom is 0.293 e. The van der Waals surface area contributed by atoms with Crippen LogP contribution in [0.4, 0.5) is 4.39 Å². The van der Waals surface area contributed by atoms with Crippen molar-refractivity contribution in [3.63, 3.8) is 0 Å². The predicted octanol–water partition coefficient (Wildman–Crippen LogP) is 1.79. The zero-order chi connectivity index (χ0) is 12.3. The molecule has 0 radical (unpaired) electrons. The molecule has 1 heterocycles. The maximum absolute atomic E-state index is 12.9. The minimum Gasteiger partial charge on any atom is -0.507 e. The molecule has 0 spiro atoms. The lowest BCUT2D eigenvalue weighted by Gasteiger charge is -2.06. The lowest BCUT2D eigenvalue weighted by molar-refractivity contribution is -0.128. The molecule has 0 saturated heterocycles.